The number of carbonyl (C=O) groups excluding carboxylic acids is 1. The first-order valence-corrected chi connectivity index (χ1v) is 8.51. The number of nitrogens with zero attached hydrogens (tertiary/aromatic N) is 2. The quantitative estimate of drug-likeness (QED) is 0.723. The zero-order chi connectivity index (χ0) is 15.4. The van der Waals surface area contributed by atoms with Crippen LogP contribution in [0.3, 0.4) is 0 Å². The zero-order valence-electron chi connectivity index (χ0n) is 13.4. The van der Waals surface area contributed by atoms with Crippen LogP contribution in [0.4, 0.5) is 4.79 Å². The Morgan fingerprint density at radius 1 is 1.41 bits per heavy atom. The highest BCUT2D eigenvalue weighted by Gasteiger charge is 2.36. The number of fused-ring (bicyclic) bond motifs is 1. The van der Waals surface area contributed by atoms with Gasteiger partial charge in [0.1, 0.15) is 0 Å². The number of aromatic nitrogens is 2. The lowest BCUT2D eigenvalue weighted by Crippen LogP contribution is -2.49. The van der Waals surface area contributed by atoms with E-state index in [0.717, 1.165) is 31.5 Å². The van der Waals surface area contributed by atoms with Crippen LogP contribution in [0.25, 0.3) is 0 Å². The van der Waals surface area contributed by atoms with Gasteiger partial charge in [0.25, 0.3) is 0 Å². The molecule has 1 aromatic rings. The van der Waals surface area contributed by atoms with E-state index < -0.39 is 0 Å². The molecule has 2 aliphatic rings. The minimum atomic E-state index is -0.0126. The molecule has 2 amide bonds. The lowest BCUT2D eigenvalue weighted by Gasteiger charge is -2.32. The third-order valence-electron chi connectivity index (χ3n) is 5.02. The lowest BCUT2D eigenvalue weighted by atomic mass is 9.99. The average molecular weight is 305 g/mol. The van der Waals surface area contributed by atoms with Crippen molar-refractivity contribution in [2.75, 3.05) is 19.6 Å². The topological polar surface area (TPSA) is 73.0 Å². The number of hydrogen-bond acceptors (Lipinski definition) is 3. The fraction of sp³-hybridized carbons (Fsp3) is 0.750. The Balaban J connectivity index is 1.35. The Morgan fingerprint density at radius 3 is 3.14 bits per heavy atom. The Labute approximate surface area is 132 Å². The van der Waals surface area contributed by atoms with Gasteiger partial charge in [-0.3, -0.25) is 10.00 Å². The Hall–Kier alpha value is -1.56. The first kappa shape index (κ1) is 15.3. The van der Waals surface area contributed by atoms with Gasteiger partial charge >= 0.3 is 6.03 Å². The molecule has 122 valence electrons. The second-order valence-electron chi connectivity index (χ2n) is 6.52. The van der Waals surface area contributed by atoms with Crippen LogP contribution in [0.2, 0.25) is 0 Å². The van der Waals surface area contributed by atoms with E-state index in [1.807, 2.05) is 13.1 Å². The molecule has 0 bridgehead atoms. The van der Waals surface area contributed by atoms with Crippen molar-refractivity contribution in [3.05, 3.63) is 17.5 Å². The number of H-pyrrole nitrogens is 1. The van der Waals surface area contributed by atoms with Crippen molar-refractivity contribution in [3.8, 4) is 0 Å². The second kappa shape index (κ2) is 7.13. The van der Waals surface area contributed by atoms with Crippen molar-refractivity contribution >= 4 is 6.03 Å². The molecule has 0 saturated carbocycles. The average Bonchev–Trinajstić information content (AvgIpc) is 3.11. The molecule has 2 unspecified atom stereocenters. The number of aromatic amines is 1. The Morgan fingerprint density at radius 2 is 2.32 bits per heavy atom. The molecule has 3 N–H and O–H groups in total. The first-order valence-electron chi connectivity index (χ1n) is 8.51. The van der Waals surface area contributed by atoms with Crippen molar-refractivity contribution in [1.82, 2.24) is 25.7 Å². The normalized spacial score (nSPS) is 25.0. The van der Waals surface area contributed by atoms with E-state index in [0.29, 0.717) is 18.6 Å². The monoisotopic (exact) mass is 305 g/mol. The van der Waals surface area contributed by atoms with E-state index in [2.05, 4.69) is 25.7 Å². The van der Waals surface area contributed by atoms with E-state index in [4.69, 9.17) is 0 Å². The van der Waals surface area contributed by atoms with Crippen LogP contribution in [0, 0.1) is 6.92 Å². The van der Waals surface area contributed by atoms with E-state index >= 15 is 0 Å². The van der Waals surface area contributed by atoms with E-state index in [9.17, 15) is 4.79 Å². The highest BCUT2D eigenvalue weighted by atomic mass is 16.2. The fourth-order valence-corrected chi connectivity index (χ4v) is 3.74. The lowest BCUT2D eigenvalue weighted by molar-refractivity contribution is 0.179. The predicted molar refractivity (Wildman–Crippen MR) is 85.8 cm³/mol. The standard InChI is InChI=1S/C16H27N5O/c1-12-13(11-18-20-12)5-4-8-17-16(22)19-14-7-10-21-9-3-2-6-15(14)21/h11,14-15H,2-10H2,1H3,(H,18,20)(H2,17,19,22). The molecule has 0 spiro atoms. The number of piperidine rings is 1. The number of aryl methyl sites for hydroxylation is 2. The van der Waals surface area contributed by atoms with Gasteiger partial charge in [0.05, 0.1) is 6.20 Å². The smallest absolute Gasteiger partial charge is 0.315 e. The number of rotatable bonds is 5. The molecule has 0 aliphatic carbocycles. The second-order valence-corrected chi connectivity index (χ2v) is 6.52. The summed E-state index contributed by atoms with van der Waals surface area (Å²) in [4.78, 5) is 14.6. The minimum absolute atomic E-state index is 0.0126. The number of amides is 2. The van der Waals surface area contributed by atoms with Crippen molar-refractivity contribution in [2.45, 2.75) is 57.5 Å². The molecule has 22 heavy (non-hydrogen) atoms. The predicted octanol–water partition coefficient (Wildman–Crippen LogP) is 1.58. The van der Waals surface area contributed by atoms with Crippen molar-refractivity contribution in [3.63, 3.8) is 0 Å². The third-order valence-corrected chi connectivity index (χ3v) is 5.02. The Bertz CT molecular complexity index is 500. The van der Waals surface area contributed by atoms with Gasteiger partial charge in [-0.2, -0.15) is 5.10 Å². The summed E-state index contributed by atoms with van der Waals surface area (Å²) in [7, 11) is 0. The van der Waals surface area contributed by atoms with Gasteiger partial charge in [-0.25, -0.2) is 4.79 Å². The summed E-state index contributed by atoms with van der Waals surface area (Å²) in [6.07, 6.45) is 8.67. The number of nitrogens with one attached hydrogen (secondary N) is 3. The van der Waals surface area contributed by atoms with E-state index in [1.165, 1.54) is 31.4 Å². The summed E-state index contributed by atoms with van der Waals surface area (Å²) in [5.41, 5.74) is 2.35. The molecule has 2 saturated heterocycles. The summed E-state index contributed by atoms with van der Waals surface area (Å²) in [6.45, 7) is 5.07. The largest absolute Gasteiger partial charge is 0.338 e. The summed E-state index contributed by atoms with van der Waals surface area (Å²) in [5.74, 6) is 0. The van der Waals surface area contributed by atoms with Gasteiger partial charge in [0.15, 0.2) is 0 Å². The molecular formula is C16H27N5O. The molecule has 2 fully saturated rings. The van der Waals surface area contributed by atoms with Crippen molar-refractivity contribution in [2.24, 2.45) is 0 Å². The highest BCUT2D eigenvalue weighted by molar-refractivity contribution is 5.74. The molecule has 2 atom stereocenters. The van der Waals surface area contributed by atoms with Crippen LogP contribution in [-0.2, 0) is 6.42 Å². The summed E-state index contributed by atoms with van der Waals surface area (Å²) in [6, 6.07) is 0.880. The maximum absolute atomic E-state index is 12.0. The third kappa shape index (κ3) is 3.61. The fourth-order valence-electron chi connectivity index (χ4n) is 3.74. The molecule has 1 aromatic heterocycles. The highest BCUT2D eigenvalue weighted by Crippen LogP contribution is 2.26. The molecule has 2 aliphatic heterocycles. The molecular weight excluding hydrogens is 278 g/mol. The molecule has 0 aromatic carbocycles. The number of carbonyl (C=O) groups is 1. The van der Waals surface area contributed by atoms with Crippen LogP contribution >= 0.6 is 0 Å². The summed E-state index contributed by atoms with van der Waals surface area (Å²) >= 11 is 0. The maximum Gasteiger partial charge on any atom is 0.315 e. The maximum atomic E-state index is 12.0. The van der Waals surface area contributed by atoms with Crippen LogP contribution in [0.1, 0.15) is 43.4 Å². The number of hydrogen-bond donors (Lipinski definition) is 3. The van der Waals surface area contributed by atoms with Gasteiger partial charge in [0.2, 0.25) is 0 Å². The molecule has 0 radical (unpaired) electrons. The van der Waals surface area contributed by atoms with Crippen molar-refractivity contribution < 1.29 is 4.79 Å². The Kier molecular flexibility index (Phi) is 4.97. The SMILES string of the molecule is Cc1[nH]ncc1CCCNC(=O)NC1CCN2CCCCC12. The van der Waals surface area contributed by atoms with Crippen LogP contribution in [-0.4, -0.2) is 52.8 Å². The van der Waals surface area contributed by atoms with E-state index in [-0.39, 0.29) is 6.03 Å². The number of urea groups is 1. The summed E-state index contributed by atoms with van der Waals surface area (Å²) < 4.78 is 0. The van der Waals surface area contributed by atoms with Crippen molar-refractivity contribution in [1.29, 1.82) is 0 Å². The molecule has 3 heterocycles. The summed E-state index contributed by atoms with van der Waals surface area (Å²) in [5, 5.41) is 13.1. The van der Waals surface area contributed by atoms with Crippen LogP contribution in [0.15, 0.2) is 6.20 Å². The first-order chi connectivity index (χ1) is 10.7. The molecule has 3 rings (SSSR count). The molecule has 6 heteroatoms. The van der Waals surface area contributed by atoms with E-state index in [1.54, 1.807) is 0 Å². The van der Waals surface area contributed by atoms with Gasteiger partial charge in [-0.15, -0.1) is 0 Å². The van der Waals surface area contributed by atoms with Gasteiger partial charge in [0, 0.05) is 30.9 Å². The van der Waals surface area contributed by atoms with Gasteiger partial charge in [-0.05, 0) is 51.1 Å². The minimum Gasteiger partial charge on any atom is -0.338 e. The zero-order valence-corrected chi connectivity index (χ0v) is 13.4. The van der Waals surface area contributed by atoms with Crippen LogP contribution < -0.4 is 10.6 Å². The van der Waals surface area contributed by atoms with Gasteiger partial charge < -0.3 is 10.6 Å². The van der Waals surface area contributed by atoms with Crippen LogP contribution in [0.5, 0.6) is 0 Å². The molecule has 6 nitrogen and oxygen atoms in total. The van der Waals surface area contributed by atoms with Gasteiger partial charge in [-0.1, -0.05) is 6.42 Å².